The van der Waals surface area contributed by atoms with Gasteiger partial charge in [-0.3, -0.25) is 9.59 Å². The lowest BCUT2D eigenvalue weighted by molar-refractivity contribution is -0.137. The summed E-state index contributed by atoms with van der Waals surface area (Å²) >= 11 is 0. The van der Waals surface area contributed by atoms with E-state index in [1.165, 1.54) is 0 Å². The van der Waals surface area contributed by atoms with Gasteiger partial charge in [0.1, 0.15) is 11.9 Å². The lowest BCUT2D eigenvalue weighted by Crippen LogP contribution is -2.45. The summed E-state index contributed by atoms with van der Waals surface area (Å²) in [5.74, 6) is 0.970. The number of ether oxygens (including phenoxy) is 2. The summed E-state index contributed by atoms with van der Waals surface area (Å²) in [5, 5.41) is 7.75. The normalized spacial score (nSPS) is 20.0. The Morgan fingerprint density at radius 3 is 2.55 bits per heavy atom. The van der Waals surface area contributed by atoms with Crippen molar-refractivity contribution in [2.45, 2.75) is 25.4 Å². The maximum Gasteiger partial charge on any atom is 0.233 e. The summed E-state index contributed by atoms with van der Waals surface area (Å²) in [4.78, 5) is 29.0. The van der Waals surface area contributed by atoms with Crippen LogP contribution in [0.3, 0.4) is 0 Å². The number of anilines is 1. The molecule has 4 rings (SSSR count). The summed E-state index contributed by atoms with van der Waals surface area (Å²) in [6, 6.07) is 10.9. The van der Waals surface area contributed by atoms with Crippen LogP contribution in [0.15, 0.2) is 42.6 Å². The number of benzene rings is 1. The molecule has 29 heavy (non-hydrogen) atoms. The van der Waals surface area contributed by atoms with Gasteiger partial charge in [-0.1, -0.05) is 0 Å². The first-order chi connectivity index (χ1) is 14.1. The van der Waals surface area contributed by atoms with Crippen LogP contribution in [0.4, 0.5) is 5.69 Å². The van der Waals surface area contributed by atoms with Crippen molar-refractivity contribution in [1.29, 1.82) is 0 Å². The van der Waals surface area contributed by atoms with Gasteiger partial charge in [0.05, 0.1) is 13.0 Å². The zero-order chi connectivity index (χ0) is 20.2. The first-order valence-corrected chi connectivity index (χ1v) is 9.81. The van der Waals surface area contributed by atoms with Crippen molar-refractivity contribution in [3.63, 3.8) is 0 Å². The molecule has 2 aliphatic rings. The molecule has 3 heterocycles. The Morgan fingerprint density at radius 2 is 1.90 bits per heavy atom. The second-order valence-electron chi connectivity index (χ2n) is 7.31. The minimum atomic E-state index is -0.304. The SMILES string of the molecule is COc1ccc(N2CC(C(=O)N3CCC(Oc4cccnn4)CC3)CC2=O)cc1. The molecule has 0 N–H and O–H groups in total. The van der Waals surface area contributed by atoms with Crippen LogP contribution in [0.5, 0.6) is 11.6 Å². The molecule has 1 aromatic heterocycles. The number of nitrogens with zero attached hydrogens (tertiary/aromatic N) is 4. The molecule has 1 unspecified atom stereocenters. The topological polar surface area (TPSA) is 84.9 Å². The third kappa shape index (κ3) is 4.31. The van der Waals surface area contributed by atoms with Gasteiger partial charge in [-0.15, -0.1) is 5.10 Å². The number of hydrogen-bond acceptors (Lipinski definition) is 6. The summed E-state index contributed by atoms with van der Waals surface area (Å²) in [5.41, 5.74) is 0.794. The van der Waals surface area contributed by atoms with Crippen molar-refractivity contribution >= 4 is 17.5 Å². The molecule has 2 aromatic rings. The van der Waals surface area contributed by atoms with E-state index in [0.29, 0.717) is 25.5 Å². The van der Waals surface area contributed by atoms with Crippen LogP contribution in [-0.2, 0) is 9.59 Å². The number of aromatic nitrogens is 2. The summed E-state index contributed by atoms with van der Waals surface area (Å²) in [7, 11) is 1.60. The summed E-state index contributed by atoms with van der Waals surface area (Å²) in [6.07, 6.45) is 3.36. The van der Waals surface area contributed by atoms with E-state index in [9.17, 15) is 9.59 Å². The van der Waals surface area contributed by atoms with Gasteiger partial charge in [0.25, 0.3) is 0 Å². The maximum atomic E-state index is 13.0. The molecule has 0 aliphatic carbocycles. The van der Waals surface area contributed by atoms with Gasteiger partial charge >= 0.3 is 0 Å². The third-order valence-corrected chi connectivity index (χ3v) is 5.45. The van der Waals surface area contributed by atoms with Crippen molar-refractivity contribution < 1.29 is 19.1 Å². The molecule has 0 bridgehead atoms. The molecule has 2 saturated heterocycles. The zero-order valence-electron chi connectivity index (χ0n) is 16.4. The molecule has 1 atom stereocenters. The van der Waals surface area contributed by atoms with Crippen LogP contribution in [0.25, 0.3) is 0 Å². The Labute approximate surface area is 169 Å². The van der Waals surface area contributed by atoms with E-state index in [1.807, 2.05) is 29.2 Å². The third-order valence-electron chi connectivity index (χ3n) is 5.45. The monoisotopic (exact) mass is 396 g/mol. The Hall–Kier alpha value is -3.16. The molecule has 8 nitrogen and oxygen atoms in total. The fraction of sp³-hybridized carbons (Fsp3) is 0.429. The number of hydrogen-bond donors (Lipinski definition) is 0. The smallest absolute Gasteiger partial charge is 0.233 e. The van der Waals surface area contributed by atoms with E-state index in [2.05, 4.69) is 10.2 Å². The first kappa shape index (κ1) is 19.2. The van der Waals surface area contributed by atoms with E-state index in [-0.39, 0.29) is 30.3 Å². The molecule has 0 radical (unpaired) electrons. The van der Waals surface area contributed by atoms with Crippen molar-refractivity contribution in [2.24, 2.45) is 5.92 Å². The van der Waals surface area contributed by atoms with Crippen LogP contribution in [0, 0.1) is 5.92 Å². The largest absolute Gasteiger partial charge is 0.497 e. The number of carbonyl (C=O) groups is 2. The Kier molecular flexibility index (Phi) is 5.59. The number of methoxy groups -OCH3 is 1. The lowest BCUT2D eigenvalue weighted by Gasteiger charge is -2.33. The molecule has 0 spiro atoms. The highest BCUT2D eigenvalue weighted by Crippen LogP contribution is 2.28. The van der Waals surface area contributed by atoms with Crippen molar-refractivity contribution in [1.82, 2.24) is 15.1 Å². The summed E-state index contributed by atoms with van der Waals surface area (Å²) < 4.78 is 11.0. The second-order valence-corrected chi connectivity index (χ2v) is 7.31. The molecular formula is C21H24N4O4. The molecule has 8 heteroatoms. The van der Waals surface area contributed by atoms with E-state index in [1.54, 1.807) is 30.3 Å². The fourth-order valence-corrected chi connectivity index (χ4v) is 3.86. The lowest BCUT2D eigenvalue weighted by atomic mass is 10.0. The van der Waals surface area contributed by atoms with Gasteiger partial charge in [-0.05, 0) is 30.3 Å². The average molecular weight is 396 g/mol. The Balaban J connectivity index is 1.31. The van der Waals surface area contributed by atoms with Crippen LogP contribution in [-0.4, -0.2) is 59.8 Å². The predicted octanol–water partition coefficient (Wildman–Crippen LogP) is 1.91. The molecule has 1 aromatic carbocycles. The predicted molar refractivity (Wildman–Crippen MR) is 106 cm³/mol. The average Bonchev–Trinajstić information content (AvgIpc) is 3.16. The highest BCUT2D eigenvalue weighted by molar-refractivity contribution is 6.00. The fourth-order valence-electron chi connectivity index (χ4n) is 3.86. The Morgan fingerprint density at radius 1 is 1.14 bits per heavy atom. The van der Waals surface area contributed by atoms with Crippen LogP contribution < -0.4 is 14.4 Å². The van der Waals surface area contributed by atoms with E-state index < -0.39 is 0 Å². The van der Waals surface area contributed by atoms with E-state index in [4.69, 9.17) is 9.47 Å². The number of amides is 2. The minimum absolute atomic E-state index is 0.0191. The molecule has 2 amide bonds. The van der Waals surface area contributed by atoms with Crippen LogP contribution in [0.2, 0.25) is 0 Å². The van der Waals surface area contributed by atoms with Gasteiger partial charge in [-0.2, -0.15) is 5.10 Å². The van der Waals surface area contributed by atoms with Crippen LogP contribution in [0.1, 0.15) is 19.3 Å². The Bertz CT molecular complexity index is 851. The van der Waals surface area contributed by atoms with Gasteiger partial charge in [0.2, 0.25) is 17.7 Å². The van der Waals surface area contributed by atoms with Gasteiger partial charge in [0.15, 0.2) is 0 Å². The highest BCUT2D eigenvalue weighted by atomic mass is 16.5. The second kappa shape index (κ2) is 8.46. The zero-order valence-corrected chi connectivity index (χ0v) is 16.4. The molecule has 2 aliphatic heterocycles. The standard InChI is InChI=1S/C21H24N4O4/c1-28-17-6-4-16(5-7-17)25-14-15(13-20(25)26)21(27)24-11-8-18(9-12-24)29-19-3-2-10-22-23-19/h2-7,10,15,18H,8-9,11-14H2,1H3. The number of rotatable bonds is 5. The van der Waals surface area contributed by atoms with Crippen molar-refractivity contribution in [3.8, 4) is 11.6 Å². The molecule has 152 valence electrons. The maximum absolute atomic E-state index is 13.0. The number of likely N-dealkylation sites (tertiary alicyclic amines) is 1. The number of carbonyl (C=O) groups excluding carboxylic acids is 2. The first-order valence-electron chi connectivity index (χ1n) is 9.81. The van der Waals surface area contributed by atoms with E-state index in [0.717, 1.165) is 24.3 Å². The minimum Gasteiger partial charge on any atom is -0.497 e. The van der Waals surface area contributed by atoms with Crippen molar-refractivity contribution in [3.05, 3.63) is 42.6 Å². The molecular weight excluding hydrogens is 372 g/mol. The van der Waals surface area contributed by atoms with Gasteiger partial charge in [-0.25, -0.2) is 0 Å². The molecule has 0 saturated carbocycles. The molecule has 2 fully saturated rings. The van der Waals surface area contributed by atoms with Gasteiger partial charge in [0, 0.05) is 56.8 Å². The number of piperidine rings is 1. The summed E-state index contributed by atoms with van der Waals surface area (Å²) in [6.45, 7) is 1.66. The van der Waals surface area contributed by atoms with Crippen LogP contribution >= 0.6 is 0 Å². The van der Waals surface area contributed by atoms with Crippen molar-refractivity contribution in [2.75, 3.05) is 31.6 Å². The quantitative estimate of drug-likeness (QED) is 0.768. The van der Waals surface area contributed by atoms with Gasteiger partial charge < -0.3 is 19.3 Å². The van der Waals surface area contributed by atoms with E-state index >= 15 is 0 Å². The highest BCUT2D eigenvalue weighted by Gasteiger charge is 2.38.